The van der Waals surface area contributed by atoms with E-state index < -0.39 is 0 Å². The van der Waals surface area contributed by atoms with Crippen LogP contribution in [0.2, 0.25) is 0 Å². The first-order chi connectivity index (χ1) is 12.7. The number of furan rings is 1. The maximum atomic E-state index is 12.8. The van der Waals surface area contributed by atoms with E-state index in [1.165, 1.54) is 5.56 Å². The van der Waals surface area contributed by atoms with Gasteiger partial charge in [-0.1, -0.05) is 6.07 Å². The van der Waals surface area contributed by atoms with E-state index in [0.717, 1.165) is 38.2 Å². The Morgan fingerprint density at radius 3 is 3.08 bits per heavy atom. The number of rotatable bonds is 5. The maximum Gasteiger partial charge on any atom is 0.251 e. The predicted molar refractivity (Wildman–Crippen MR) is 96.1 cm³/mol. The Labute approximate surface area is 153 Å². The second-order valence-electron chi connectivity index (χ2n) is 7.33. The molecule has 2 aromatic heterocycles. The van der Waals surface area contributed by atoms with Crippen LogP contribution in [0.1, 0.15) is 24.1 Å². The third-order valence-electron chi connectivity index (χ3n) is 5.40. The molecule has 3 atom stereocenters. The van der Waals surface area contributed by atoms with Crippen LogP contribution in [-0.4, -0.2) is 53.0 Å². The van der Waals surface area contributed by atoms with Crippen LogP contribution in [0.15, 0.2) is 47.4 Å². The van der Waals surface area contributed by atoms with E-state index in [1.54, 1.807) is 23.6 Å². The van der Waals surface area contributed by atoms with Crippen molar-refractivity contribution in [1.29, 1.82) is 0 Å². The van der Waals surface area contributed by atoms with Gasteiger partial charge in [-0.15, -0.1) is 0 Å². The number of carbonyl (C=O) groups is 1. The molecule has 0 saturated carbocycles. The van der Waals surface area contributed by atoms with Crippen LogP contribution in [0.3, 0.4) is 0 Å². The lowest BCUT2D eigenvalue weighted by atomic mass is 9.91. The van der Waals surface area contributed by atoms with Crippen molar-refractivity contribution >= 4 is 5.91 Å². The highest BCUT2D eigenvalue weighted by Crippen LogP contribution is 2.34. The van der Waals surface area contributed by atoms with Crippen molar-refractivity contribution in [2.45, 2.75) is 38.1 Å². The Morgan fingerprint density at radius 2 is 2.31 bits per heavy atom. The molecule has 138 valence electrons. The van der Waals surface area contributed by atoms with Crippen molar-refractivity contribution in [3.8, 4) is 0 Å². The number of hydrogen-bond donors (Lipinski definition) is 0. The molecule has 0 aromatic carbocycles. The Hall–Kier alpha value is -2.18. The van der Waals surface area contributed by atoms with Gasteiger partial charge in [0.1, 0.15) is 6.10 Å². The first-order valence-electron chi connectivity index (χ1n) is 9.23. The normalized spacial score (nSPS) is 25.8. The third kappa shape index (κ3) is 3.81. The second kappa shape index (κ2) is 7.60. The number of hydrogen-bond acceptors (Lipinski definition) is 5. The standard InChI is InChI=1S/C20H25N3O3/c1-22(12-17-4-2-3-7-21-17)20(24)18-10-16-5-8-23(13-19(16)26-18)11-15-6-9-25-14-15/h2-4,6-7,9,14,16,18-19H,5,8,10-13H2,1H3/t16-,18+,19-/m0/s1. The molecule has 0 radical (unpaired) electrons. The van der Waals surface area contributed by atoms with Gasteiger partial charge in [0.05, 0.1) is 30.9 Å². The van der Waals surface area contributed by atoms with E-state index in [2.05, 4.69) is 9.88 Å². The van der Waals surface area contributed by atoms with Crippen molar-refractivity contribution in [3.63, 3.8) is 0 Å². The third-order valence-corrected chi connectivity index (χ3v) is 5.40. The number of aromatic nitrogens is 1. The Kier molecular flexibility index (Phi) is 5.04. The second-order valence-corrected chi connectivity index (χ2v) is 7.33. The summed E-state index contributed by atoms with van der Waals surface area (Å²) < 4.78 is 11.3. The topological polar surface area (TPSA) is 58.8 Å². The Balaban J connectivity index is 1.32. The van der Waals surface area contributed by atoms with Crippen LogP contribution in [0.5, 0.6) is 0 Å². The summed E-state index contributed by atoms with van der Waals surface area (Å²) in [6, 6.07) is 7.76. The van der Waals surface area contributed by atoms with Gasteiger partial charge in [0.25, 0.3) is 5.91 Å². The van der Waals surface area contributed by atoms with Crippen LogP contribution in [0.25, 0.3) is 0 Å². The summed E-state index contributed by atoms with van der Waals surface area (Å²) in [5, 5.41) is 0. The van der Waals surface area contributed by atoms with Gasteiger partial charge in [-0.25, -0.2) is 0 Å². The number of nitrogens with zero attached hydrogens (tertiary/aromatic N) is 3. The monoisotopic (exact) mass is 355 g/mol. The number of likely N-dealkylation sites (N-methyl/N-ethyl adjacent to an activating group) is 1. The summed E-state index contributed by atoms with van der Waals surface area (Å²) in [5.74, 6) is 0.541. The van der Waals surface area contributed by atoms with E-state index in [-0.39, 0.29) is 18.1 Å². The molecule has 4 rings (SSSR count). The fourth-order valence-electron chi connectivity index (χ4n) is 4.00. The van der Waals surface area contributed by atoms with Crippen molar-refractivity contribution in [2.75, 3.05) is 20.1 Å². The highest BCUT2D eigenvalue weighted by molar-refractivity contribution is 5.81. The largest absolute Gasteiger partial charge is 0.472 e. The summed E-state index contributed by atoms with van der Waals surface area (Å²) in [6.45, 7) is 3.31. The number of carbonyl (C=O) groups excluding carboxylic acids is 1. The van der Waals surface area contributed by atoms with E-state index >= 15 is 0 Å². The SMILES string of the molecule is CN(Cc1ccccn1)C(=O)[C@H]1C[C@@H]2CCN(Cc3ccoc3)C[C@@H]2O1. The smallest absolute Gasteiger partial charge is 0.251 e. The molecule has 1 amide bonds. The lowest BCUT2D eigenvalue weighted by Crippen LogP contribution is -2.42. The number of pyridine rings is 1. The van der Waals surface area contributed by atoms with Crippen LogP contribution in [0.4, 0.5) is 0 Å². The van der Waals surface area contributed by atoms with Crippen LogP contribution < -0.4 is 0 Å². The van der Waals surface area contributed by atoms with Crippen molar-refractivity contribution in [3.05, 3.63) is 54.2 Å². The summed E-state index contributed by atoms with van der Waals surface area (Å²) in [5.41, 5.74) is 2.08. The molecule has 0 N–H and O–H groups in total. The van der Waals surface area contributed by atoms with Gasteiger partial charge in [-0.2, -0.15) is 0 Å². The highest BCUT2D eigenvalue weighted by Gasteiger charge is 2.42. The van der Waals surface area contributed by atoms with Crippen molar-refractivity contribution in [2.24, 2.45) is 5.92 Å². The van der Waals surface area contributed by atoms with E-state index in [0.29, 0.717) is 12.5 Å². The minimum atomic E-state index is -0.326. The fraction of sp³-hybridized carbons (Fsp3) is 0.500. The predicted octanol–water partition coefficient (Wildman–Crippen LogP) is 2.31. The Morgan fingerprint density at radius 1 is 1.38 bits per heavy atom. The maximum absolute atomic E-state index is 12.8. The molecule has 0 spiro atoms. The summed E-state index contributed by atoms with van der Waals surface area (Å²) in [6.07, 6.45) is 6.98. The molecule has 2 aliphatic rings. The number of piperidine rings is 1. The van der Waals surface area contributed by atoms with Crippen LogP contribution in [0, 0.1) is 5.92 Å². The minimum Gasteiger partial charge on any atom is -0.472 e. The molecule has 2 saturated heterocycles. The molecular weight excluding hydrogens is 330 g/mol. The number of likely N-dealkylation sites (tertiary alicyclic amines) is 1. The van der Waals surface area contributed by atoms with Gasteiger partial charge in [0.15, 0.2) is 0 Å². The van der Waals surface area contributed by atoms with Gasteiger partial charge in [-0.3, -0.25) is 14.7 Å². The average Bonchev–Trinajstić information content (AvgIpc) is 3.31. The summed E-state index contributed by atoms with van der Waals surface area (Å²) in [7, 11) is 1.83. The zero-order valence-electron chi connectivity index (χ0n) is 15.1. The molecule has 2 aromatic rings. The Bertz CT molecular complexity index is 719. The van der Waals surface area contributed by atoms with E-state index in [9.17, 15) is 4.79 Å². The van der Waals surface area contributed by atoms with Gasteiger partial charge in [-0.05, 0) is 43.5 Å². The number of fused-ring (bicyclic) bond motifs is 1. The van der Waals surface area contributed by atoms with Gasteiger partial charge in [0.2, 0.25) is 0 Å². The fourth-order valence-corrected chi connectivity index (χ4v) is 4.00. The van der Waals surface area contributed by atoms with Crippen molar-refractivity contribution in [1.82, 2.24) is 14.8 Å². The minimum absolute atomic E-state index is 0.0615. The van der Waals surface area contributed by atoms with Gasteiger partial charge < -0.3 is 14.1 Å². The number of amides is 1. The summed E-state index contributed by atoms with van der Waals surface area (Å²) in [4.78, 5) is 21.2. The lowest BCUT2D eigenvalue weighted by Gasteiger charge is -2.33. The lowest BCUT2D eigenvalue weighted by molar-refractivity contribution is -0.143. The van der Waals surface area contributed by atoms with E-state index in [1.807, 2.05) is 31.3 Å². The summed E-state index contributed by atoms with van der Waals surface area (Å²) >= 11 is 0. The van der Waals surface area contributed by atoms with Crippen LogP contribution in [-0.2, 0) is 22.6 Å². The van der Waals surface area contributed by atoms with Gasteiger partial charge >= 0.3 is 0 Å². The molecule has 6 heteroatoms. The highest BCUT2D eigenvalue weighted by atomic mass is 16.5. The molecule has 2 fully saturated rings. The van der Waals surface area contributed by atoms with E-state index in [4.69, 9.17) is 9.15 Å². The first kappa shape index (κ1) is 17.2. The number of ether oxygens (including phenoxy) is 1. The zero-order valence-corrected chi connectivity index (χ0v) is 15.1. The molecule has 2 aliphatic heterocycles. The molecule has 0 bridgehead atoms. The van der Waals surface area contributed by atoms with Gasteiger partial charge in [0, 0.05) is 31.9 Å². The van der Waals surface area contributed by atoms with Crippen molar-refractivity contribution < 1.29 is 13.9 Å². The average molecular weight is 355 g/mol. The quantitative estimate of drug-likeness (QED) is 0.824. The molecular formula is C20H25N3O3. The molecule has 0 unspecified atom stereocenters. The van der Waals surface area contributed by atoms with Crippen LogP contribution >= 0.6 is 0 Å². The molecule has 0 aliphatic carbocycles. The molecule has 4 heterocycles. The first-order valence-corrected chi connectivity index (χ1v) is 9.23. The zero-order chi connectivity index (χ0) is 17.9. The molecule has 26 heavy (non-hydrogen) atoms. The molecule has 6 nitrogen and oxygen atoms in total.